The molecule has 0 aromatic carbocycles. The van der Waals surface area contributed by atoms with Crippen LogP contribution in [0.25, 0.3) is 0 Å². The predicted octanol–water partition coefficient (Wildman–Crippen LogP) is 2.37. The van der Waals surface area contributed by atoms with E-state index in [4.69, 9.17) is 0 Å². The van der Waals surface area contributed by atoms with Gasteiger partial charge in [-0.25, -0.2) is 4.68 Å². The largest absolute Gasteiger partial charge is 0.333 e. The molecule has 3 heterocycles. The molecule has 0 spiro atoms. The molecule has 0 radical (unpaired) electrons. The third kappa shape index (κ3) is 4.91. The summed E-state index contributed by atoms with van der Waals surface area (Å²) >= 11 is 0. The number of anilines is 1. The second-order valence-electron chi connectivity index (χ2n) is 6.68. The SMILES string of the molecule is Cc1cc(NC(=O)CN2CCCCCCC2=O)n(Cc2ccccn2)n1. The lowest BCUT2D eigenvalue weighted by Gasteiger charge is -2.24. The summed E-state index contributed by atoms with van der Waals surface area (Å²) in [6, 6.07) is 7.53. The Hall–Kier alpha value is -2.70. The summed E-state index contributed by atoms with van der Waals surface area (Å²) in [5.41, 5.74) is 1.68. The van der Waals surface area contributed by atoms with Crippen LogP contribution in [0.2, 0.25) is 0 Å². The van der Waals surface area contributed by atoms with Gasteiger partial charge in [0.1, 0.15) is 5.82 Å². The van der Waals surface area contributed by atoms with Gasteiger partial charge in [0, 0.05) is 25.2 Å². The maximum atomic E-state index is 12.5. The molecule has 7 heteroatoms. The minimum atomic E-state index is -0.193. The molecule has 1 aliphatic rings. The average molecular weight is 355 g/mol. The molecular formula is C19H25N5O2. The number of aryl methyl sites for hydroxylation is 1. The zero-order chi connectivity index (χ0) is 18.4. The molecule has 1 N–H and O–H groups in total. The Morgan fingerprint density at radius 2 is 2.08 bits per heavy atom. The van der Waals surface area contributed by atoms with Crippen LogP contribution in [0.15, 0.2) is 30.5 Å². The number of hydrogen-bond donors (Lipinski definition) is 1. The number of likely N-dealkylation sites (tertiary alicyclic amines) is 1. The molecule has 0 saturated carbocycles. The lowest BCUT2D eigenvalue weighted by atomic mass is 10.1. The molecule has 0 unspecified atom stereocenters. The van der Waals surface area contributed by atoms with Crippen LogP contribution in [-0.4, -0.2) is 44.6 Å². The molecule has 2 aromatic rings. The fraction of sp³-hybridized carbons (Fsp3) is 0.474. The first-order chi connectivity index (χ1) is 12.6. The zero-order valence-electron chi connectivity index (χ0n) is 15.1. The van der Waals surface area contributed by atoms with Gasteiger partial charge < -0.3 is 10.2 Å². The summed E-state index contributed by atoms with van der Waals surface area (Å²) in [5, 5.41) is 7.32. The molecule has 26 heavy (non-hydrogen) atoms. The molecule has 138 valence electrons. The number of aromatic nitrogens is 3. The molecule has 0 aliphatic carbocycles. The predicted molar refractivity (Wildman–Crippen MR) is 98.6 cm³/mol. The molecular weight excluding hydrogens is 330 g/mol. The van der Waals surface area contributed by atoms with Crippen LogP contribution in [0.3, 0.4) is 0 Å². The number of carbonyl (C=O) groups is 2. The number of nitrogens with zero attached hydrogens (tertiary/aromatic N) is 4. The Morgan fingerprint density at radius 1 is 1.23 bits per heavy atom. The summed E-state index contributed by atoms with van der Waals surface area (Å²) in [6.07, 6.45) is 6.34. The van der Waals surface area contributed by atoms with Gasteiger partial charge in [-0.1, -0.05) is 18.9 Å². The molecule has 7 nitrogen and oxygen atoms in total. The van der Waals surface area contributed by atoms with Crippen LogP contribution in [0.4, 0.5) is 5.82 Å². The van der Waals surface area contributed by atoms with Gasteiger partial charge in [-0.05, 0) is 31.9 Å². The number of pyridine rings is 1. The highest BCUT2D eigenvalue weighted by atomic mass is 16.2. The van der Waals surface area contributed by atoms with Gasteiger partial charge in [-0.2, -0.15) is 5.10 Å². The fourth-order valence-electron chi connectivity index (χ4n) is 3.15. The Morgan fingerprint density at radius 3 is 2.88 bits per heavy atom. The highest BCUT2D eigenvalue weighted by Crippen LogP contribution is 2.14. The Labute approximate surface area is 153 Å². The Kier molecular flexibility index (Phi) is 5.99. The number of carbonyl (C=O) groups excluding carboxylic acids is 2. The van der Waals surface area contributed by atoms with Crippen molar-refractivity contribution >= 4 is 17.6 Å². The van der Waals surface area contributed by atoms with Crippen molar-refractivity contribution in [3.05, 3.63) is 41.9 Å². The van der Waals surface area contributed by atoms with Gasteiger partial charge in [-0.3, -0.25) is 14.6 Å². The van der Waals surface area contributed by atoms with Gasteiger partial charge in [0.05, 0.1) is 24.5 Å². The van der Waals surface area contributed by atoms with E-state index in [1.807, 2.05) is 31.2 Å². The molecule has 1 aliphatic heterocycles. The summed E-state index contributed by atoms with van der Waals surface area (Å²) in [5.74, 6) is 0.497. The third-order valence-electron chi connectivity index (χ3n) is 4.46. The van der Waals surface area contributed by atoms with Crippen molar-refractivity contribution in [2.45, 2.75) is 45.6 Å². The van der Waals surface area contributed by atoms with Crippen LogP contribution < -0.4 is 5.32 Å². The summed E-state index contributed by atoms with van der Waals surface area (Å²) < 4.78 is 1.73. The van der Waals surface area contributed by atoms with E-state index < -0.39 is 0 Å². The van der Waals surface area contributed by atoms with Gasteiger partial charge >= 0.3 is 0 Å². The monoisotopic (exact) mass is 355 g/mol. The van der Waals surface area contributed by atoms with E-state index >= 15 is 0 Å². The van der Waals surface area contributed by atoms with Gasteiger partial charge in [0.15, 0.2) is 0 Å². The van der Waals surface area contributed by atoms with Crippen molar-refractivity contribution in [3.63, 3.8) is 0 Å². The summed E-state index contributed by atoms with van der Waals surface area (Å²) in [6.45, 7) is 3.10. The van der Waals surface area contributed by atoms with E-state index in [1.165, 1.54) is 0 Å². The highest BCUT2D eigenvalue weighted by Gasteiger charge is 2.19. The van der Waals surface area contributed by atoms with Crippen LogP contribution in [0, 0.1) is 6.92 Å². The molecule has 2 amide bonds. The quantitative estimate of drug-likeness (QED) is 0.893. The minimum Gasteiger partial charge on any atom is -0.333 e. The highest BCUT2D eigenvalue weighted by molar-refractivity contribution is 5.94. The number of rotatable bonds is 5. The van der Waals surface area contributed by atoms with E-state index in [1.54, 1.807) is 15.8 Å². The van der Waals surface area contributed by atoms with Crippen LogP contribution in [0.5, 0.6) is 0 Å². The van der Waals surface area contributed by atoms with Crippen molar-refractivity contribution < 1.29 is 9.59 Å². The normalized spacial score (nSPS) is 15.4. The van der Waals surface area contributed by atoms with Crippen LogP contribution in [0.1, 0.15) is 43.5 Å². The molecule has 1 fully saturated rings. The first kappa shape index (κ1) is 18.1. The maximum Gasteiger partial charge on any atom is 0.245 e. The molecule has 3 rings (SSSR count). The number of amides is 2. The van der Waals surface area contributed by atoms with E-state index in [9.17, 15) is 9.59 Å². The molecule has 0 bridgehead atoms. The average Bonchev–Trinajstić information content (AvgIpc) is 2.94. The lowest BCUT2D eigenvalue weighted by Crippen LogP contribution is -2.39. The second kappa shape index (κ2) is 8.60. The first-order valence-corrected chi connectivity index (χ1v) is 9.14. The van der Waals surface area contributed by atoms with Gasteiger partial charge in [-0.15, -0.1) is 0 Å². The van der Waals surface area contributed by atoms with Crippen molar-refractivity contribution in [3.8, 4) is 0 Å². The van der Waals surface area contributed by atoms with E-state index in [-0.39, 0.29) is 18.4 Å². The van der Waals surface area contributed by atoms with Crippen molar-refractivity contribution in [2.75, 3.05) is 18.4 Å². The summed E-state index contributed by atoms with van der Waals surface area (Å²) in [4.78, 5) is 30.6. The van der Waals surface area contributed by atoms with Gasteiger partial charge in [0.25, 0.3) is 0 Å². The molecule has 0 atom stereocenters. The maximum absolute atomic E-state index is 12.5. The van der Waals surface area contributed by atoms with E-state index in [0.29, 0.717) is 25.3 Å². The lowest BCUT2D eigenvalue weighted by molar-refractivity contribution is -0.135. The van der Waals surface area contributed by atoms with Gasteiger partial charge in [0.2, 0.25) is 11.8 Å². The minimum absolute atomic E-state index is 0.0676. The standard InChI is InChI=1S/C19H25N5O2/c1-15-12-17(24(22-15)13-16-8-5-6-10-20-16)21-18(25)14-23-11-7-3-2-4-9-19(23)26/h5-6,8,10,12H,2-4,7,9,11,13-14H2,1H3,(H,21,25). The van der Waals surface area contributed by atoms with Crippen LogP contribution in [-0.2, 0) is 16.1 Å². The second-order valence-corrected chi connectivity index (χ2v) is 6.68. The zero-order valence-corrected chi connectivity index (χ0v) is 15.1. The smallest absolute Gasteiger partial charge is 0.245 e. The van der Waals surface area contributed by atoms with Crippen molar-refractivity contribution in [2.24, 2.45) is 0 Å². The number of nitrogens with one attached hydrogen (secondary N) is 1. The molecule has 1 saturated heterocycles. The van der Waals surface area contributed by atoms with E-state index in [2.05, 4.69) is 15.4 Å². The topological polar surface area (TPSA) is 80.1 Å². The third-order valence-corrected chi connectivity index (χ3v) is 4.46. The number of hydrogen-bond acceptors (Lipinski definition) is 4. The van der Waals surface area contributed by atoms with Crippen LogP contribution >= 0.6 is 0 Å². The summed E-state index contributed by atoms with van der Waals surface area (Å²) in [7, 11) is 0. The van der Waals surface area contributed by atoms with Crippen molar-refractivity contribution in [1.29, 1.82) is 0 Å². The molecule has 2 aromatic heterocycles. The Bertz CT molecular complexity index is 757. The van der Waals surface area contributed by atoms with E-state index in [0.717, 1.165) is 37.1 Å². The van der Waals surface area contributed by atoms with Crippen molar-refractivity contribution in [1.82, 2.24) is 19.7 Å². The first-order valence-electron chi connectivity index (χ1n) is 9.14. The fourth-order valence-corrected chi connectivity index (χ4v) is 3.15. The Balaban J connectivity index is 1.64.